The van der Waals surface area contributed by atoms with Gasteiger partial charge in [0.1, 0.15) is 11.6 Å². The Morgan fingerprint density at radius 3 is 1.22 bits per heavy atom. The van der Waals surface area contributed by atoms with Gasteiger partial charge in [-0.15, -0.1) is 0 Å². The molecule has 0 nitrogen and oxygen atoms in total. The van der Waals surface area contributed by atoms with Crippen molar-refractivity contribution in [3.05, 3.63) is 106 Å². The van der Waals surface area contributed by atoms with Crippen LogP contribution in [0.15, 0.2) is 60.7 Å². The first-order valence-electron chi connectivity index (χ1n) is 13.8. The SMILES string of the molecule is CCCCCCCc1ccc(C#Cc2ccc(C#Cc3ccc(CCCCCC)c(F)c3)cc2)cc1F. The maximum Gasteiger partial charge on any atom is 0.127 e. The van der Waals surface area contributed by atoms with E-state index in [9.17, 15) is 8.78 Å². The Labute approximate surface area is 222 Å². The average Bonchev–Trinajstić information content (AvgIpc) is 2.91. The maximum atomic E-state index is 14.5. The first-order chi connectivity index (χ1) is 18.1. The van der Waals surface area contributed by atoms with Gasteiger partial charge in [0, 0.05) is 22.3 Å². The Hall–Kier alpha value is -3.36. The van der Waals surface area contributed by atoms with Crippen molar-refractivity contribution in [2.24, 2.45) is 0 Å². The van der Waals surface area contributed by atoms with Gasteiger partial charge in [-0.25, -0.2) is 8.78 Å². The molecular weight excluding hydrogens is 458 g/mol. The lowest BCUT2D eigenvalue weighted by Gasteiger charge is -2.04. The van der Waals surface area contributed by atoms with Crippen LogP contribution in [-0.4, -0.2) is 0 Å². The quantitative estimate of drug-likeness (QED) is 0.183. The van der Waals surface area contributed by atoms with E-state index in [4.69, 9.17) is 0 Å². The fourth-order valence-corrected chi connectivity index (χ4v) is 4.24. The summed E-state index contributed by atoms with van der Waals surface area (Å²) in [5.74, 6) is 12.0. The Kier molecular flexibility index (Phi) is 12.0. The summed E-state index contributed by atoms with van der Waals surface area (Å²) in [7, 11) is 0. The number of halogens is 2. The zero-order valence-electron chi connectivity index (χ0n) is 22.3. The van der Waals surface area contributed by atoms with Gasteiger partial charge in [-0.3, -0.25) is 0 Å². The third-order valence-corrected chi connectivity index (χ3v) is 6.54. The van der Waals surface area contributed by atoms with E-state index in [-0.39, 0.29) is 11.6 Å². The van der Waals surface area contributed by atoms with Crippen molar-refractivity contribution in [1.82, 2.24) is 0 Å². The molecule has 0 aliphatic rings. The number of hydrogen-bond acceptors (Lipinski definition) is 0. The van der Waals surface area contributed by atoms with Gasteiger partial charge in [0.15, 0.2) is 0 Å². The number of rotatable bonds is 11. The molecule has 0 amide bonds. The average molecular weight is 497 g/mol. The second kappa shape index (κ2) is 15.7. The highest BCUT2D eigenvalue weighted by Gasteiger charge is 2.04. The molecule has 0 heterocycles. The van der Waals surface area contributed by atoms with Crippen LogP contribution in [0.4, 0.5) is 8.78 Å². The molecule has 0 fully saturated rings. The van der Waals surface area contributed by atoms with Crippen LogP contribution in [0, 0.1) is 35.3 Å². The van der Waals surface area contributed by atoms with Gasteiger partial charge >= 0.3 is 0 Å². The molecule has 3 aromatic rings. The number of unbranched alkanes of at least 4 members (excludes halogenated alkanes) is 7. The van der Waals surface area contributed by atoms with Gasteiger partial charge in [-0.1, -0.05) is 94.6 Å². The van der Waals surface area contributed by atoms with Gasteiger partial charge in [0.2, 0.25) is 0 Å². The molecule has 3 aromatic carbocycles. The molecule has 0 aliphatic carbocycles. The van der Waals surface area contributed by atoms with Crippen LogP contribution >= 0.6 is 0 Å². The molecule has 37 heavy (non-hydrogen) atoms. The zero-order valence-corrected chi connectivity index (χ0v) is 22.3. The van der Waals surface area contributed by atoms with Crippen LogP contribution in [0.1, 0.15) is 105 Å². The molecule has 0 spiro atoms. The van der Waals surface area contributed by atoms with E-state index in [0.717, 1.165) is 60.8 Å². The van der Waals surface area contributed by atoms with Gasteiger partial charge in [-0.2, -0.15) is 0 Å². The summed E-state index contributed by atoms with van der Waals surface area (Å²) < 4.78 is 28.9. The van der Waals surface area contributed by atoms with Crippen molar-refractivity contribution >= 4 is 0 Å². The topological polar surface area (TPSA) is 0 Å². The van der Waals surface area contributed by atoms with E-state index >= 15 is 0 Å². The minimum absolute atomic E-state index is 0.172. The number of benzene rings is 3. The molecule has 0 atom stereocenters. The maximum absolute atomic E-state index is 14.5. The van der Waals surface area contributed by atoms with Crippen molar-refractivity contribution in [2.75, 3.05) is 0 Å². The zero-order chi connectivity index (χ0) is 26.3. The molecule has 3 rings (SSSR count). The Morgan fingerprint density at radius 2 is 0.811 bits per heavy atom. The molecule has 192 valence electrons. The highest BCUT2D eigenvalue weighted by Crippen LogP contribution is 2.16. The smallest absolute Gasteiger partial charge is 0.127 e. The first kappa shape index (κ1) is 28.2. The van der Waals surface area contributed by atoms with E-state index in [2.05, 4.69) is 37.5 Å². The second-order valence-electron chi connectivity index (χ2n) is 9.66. The fraction of sp³-hybridized carbons (Fsp3) is 0.371. The van der Waals surface area contributed by atoms with E-state index in [1.165, 1.54) is 44.2 Å². The van der Waals surface area contributed by atoms with Crippen molar-refractivity contribution < 1.29 is 8.78 Å². The lowest BCUT2D eigenvalue weighted by atomic mass is 10.0. The first-order valence-corrected chi connectivity index (χ1v) is 13.8. The van der Waals surface area contributed by atoms with Gasteiger partial charge in [0.25, 0.3) is 0 Å². The Bertz CT molecular complexity index is 1250. The van der Waals surface area contributed by atoms with E-state index < -0.39 is 0 Å². The van der Waals surface area contributed by atoms with E-state index in [0.29, 0.717) is 11.1 Å². The molecule has 0 aromatic heterocycles. The molecule has 0 saturated heterocycles. The highest BCUT2D eigenvalue weighted by atomic mass is 19.1. The molecule has 0 radical (unpaired) electrons. The Morgan fingerprint density at radius 1 is 0.459 bits per heavy atom. The van der Waals surface area contributed by atoms with Crippen LogP contribution in [0.2, 0.25) is 0 Å². The number of hydrogen-bond donors (Lipinski definition) is 0. The predicted molar refractivity (Wildman–Crippen MR) is 152 cm³/mol. The lowest BCUT2D eigenvalue weighted by molar-refractivity contribution is 0.587. The summed E-state index contributed by atoms with van der Waals surface area (Å²) in [6.07, 6.45) is 11.9. The summed E-state index contributed by atoms with van der Waals surface area (Å²) in [5, 5.41) is 0. The molecule has 0 unspecified atom stereocenters. The largest absolute Gasteiger partial charge is 0.207 e. The fourth-order valence-electron chi connectivity index (χ4n) is 4.24. The van der Waals surface area contributed by atoms with E-state index in [1.54, 1.807) is 0 Å². The van der Waals surface area contributed by atoms with Crippen molar-refractivity contribution in [1.29, 1.82) is 0 Å². The monoisotopic (exact) mass is 496 g/mol. The summed E-state index contributed by atoms with van der Waals surface area (Å²) in [6, 6.07) is 18.2. The van der Waals surface area contributed by atoms with Gasteiger partial charge < -0.3 is 0 Å². The molecule has 0 N–H and O–H groups in total. The third kappa shape index (κ3) is 9.90. The molecule has 0 bridgehead atoms. The molecular formula is C35H38F2. The van der Waals surface area contributed by atoms with Crippen LogP contribution in [-0.2, 0) is 12.8 Å². The van der Waals surface area contributed by atoms with Crippen molar-refractivity contribution in [2.45, 2.75) is 84.5 Å². The summed E-state index contributed by atoms with van der Waals surface area (Å²) in [4.78, 5) is 0. The van der Waals surface area contributed by atoms with Crippen LogP contribution in [0.3, 0.4) is 0 Å². The summed E-state index contributed by atoms with van der Waals surface area (Å²) in [5.41, 5.74) is 4.55. The number of aryl methyl sites for hydroxylation is 2. The lowest BCUT2D eigenvalue weighted by Crippen LogP contribution is -1.92. The van der Waals surface area contributed by atoms with E-state index in [1.807, 2.05) is 48.5 Å². The standard InChI is InChI=1S/C35H38F2/c1-3-5-7-9-11-13-33-25-23-31(27-35(33)37)21-19-29-16-14-28(15-17-29)18-20-30-22-24-32(34(36)26-30)12-10-8-6-4-2/h14-17,22-27H,3-13H2,1-2H3. The van der Waals surface area contributed by atoms with Crippen LogP contribution < -0.4 is 0 Å². The second-order valence-corrected chi connectivity index (χ2v) is 9.66. The summed E-state index contributed by atoms with van der Waals surface area (Å²) in [6.45, 7) is 4.37. The minimum Gasteiger partial charge on any atom is -0.207 e. The van der Waals surface area contributed by atoms with Gasteiger partial charge in [-0.05, 0) is 85.3 Å². The molecule has 0 aliphatic heterocycles. The molecule has 0 saturated carbocycles. The van der Waals surface area contributed by atoms with Crippen LogP contribution in [0.5, 0.6) is 0 Å². The van der Waals surface area contributed by atoms with Gasteiger partial charge in [0.05, 0.1) is 0 Å². The Balaban J connectivity index is 1.55. The minimum atomic E-state index is -0.176. The third-order valence-electron chi connectivity index (χ3n) is 6.54. The predicted octanol–water partition coefficient (Wildman–Crippen LogP) is 9.40. The van der Waals surface area contributed by atoms with Crippen LogP contribution in [0.25, 0.3) is 0 Å². The van der Waals surface area contributed by atoms with Crippen molar-refractivity contribution in [3.63, 3.8) is 0 Å². The normalized spacial score (nSPS) is 10.4. The van der Waals surface area contributed by atoms with Crippen molar-refractivity contribution in [3.8, 4) is 23.7 Å². The highest BCUT2D eigenvalue weighted by molar-refractivity contribution is 5.48. The molecule has 2 heteroatoms. The summed E-state index contributed by atoms with van der Waals surface area (Å²) >= 11 is 0.